The lowest BCUT2D eigenvalue weighted by atomic mass is 10.1. The van der Waals surface area contributed by atoms with Gasteiger partial charge in [0.1, 0.15) is 11.2 Å². The monoisotopic (exact) mass is 315 g/mol. The van der Waals surface area contributed by atoms with Crippen molar-refractivity contribution < 1.29 is 14.7 Å². The van der Waals surface area contributed by atoms with Gasteiger partial charge in [0.05, 0.1) is 6.54 Å². The highest BCUT2D eigenvalue weighted by Crippen LogP contribution is 2.04. The van der Waals surface area contributed by atoms with E-state index < -0.39 is 17.4 Å². The van der Waals surface area contributed by atoms with Crippen molar-refractivity contribution in [1.29, 1.82) is 0 Å². The number of amides is 1. The molecule has 7 heteroatoms. The van der Waals surface area contributed by atoms with Gasteiger partial charge in [-0.25, -0.2) is 9.48 Å². The fourth-order valence-corrected chi connectivity index (χ4v) is 1.84. The minimum Gasteiger partial charge on any atom is -0.480 e. The molecule has 0 atom stereocenters. The van der Waals surface area contributed by atoms with E-state index >= 15 is 0 Å². The Morgan fingerprint density at radius 1 is 1.17 bits per heavy atom. The molecule has 1 aromatic heterocycles. The summed E-state index contributed by atoms with van der Waals surface area (Å²) in [6.07, 6.45) is 0. The highest BCUT2D eigenvalue weighted by Gasteiger charge is 2.29. The van der Waals surface area contributed by atoms with Gasteiger partial charge in [-0.3, -0.25) is 9.59 Å². The number of carboxylic acid groups (broad SMARTS) is 1. The van der Waals surface area contributed by atoms with E-state index in [0.717, 1.165) is 10.2 Å². The number of hydrogen-bond acceptors (Lipinski definition) is 4. The van der Waals surface area contributed by atoms with E-state index in [-0.39, 0.29) is 17.8 Å². The second-order valence-electron chi connectivity index (χ2n) is 5.58. The molecule has 0 radical (unpaired) electrons. The van der Waals surface area contributed by atoms with Gasteiger partial charge in [0, 0.05) is 6.07 Å². The van der Waals surface area contributed by atoms with E-state index in [1.54, 1.807) is 0 Å². The van der Waals surface area contributed by atoms with Crippen molar-refractivity contribution in [2.45, 2.75) is 25.9 Å². The van der Waals surface area contributed by atoms with Gasteiger partial charge in [0.25, 0.3) is 11.5 Å². The molecule has 23 heavy (non-hydrogen) atoms. The van der Waals surface area contributed by atoms with Gasteiger partial charge in [-0.15, -0.1) is 0 Å². The molecule has 2 aromatic rings. The maximum Gasteiger partial charge on any atom is 0.328 e. The molecule has 7 nitrogen and oxygen atoms in total. The third-order valence-corrected chi connectivity index (χ3v) is 3.24. The van der Waals surface area contributed by atoms with Crippen LogP contribution in [-0.4, -0.2) is 32.3 Å². The Balaban J connectivity index is 2.25. The third-order valence-electron chi connectivity index (χ3n) is 3.24. The topological polar surface area (TPSA) is 101 Å². The number of hydrogen-bond donors (Lipinski definition) is 2. The van der Waals surface area contributed by atoms with E-state index in [1.807, 2.05) is 30.3 Å². The number of carbonyl (C=O) groups is 2. The van der Waals surface area contributed by atoms with Crippen LogP contribution in [-0.2, 0) is 11.3 Å². The first-order valence-corrected chi connectivity index (χ1v) is 6.97. The van der Waals surface area contributed by atoms with E-state index in [2.05, 4.69) is 10.4 Å². The van der Waals surface area contributed by atoms with Crippen molar-refractivity contribution >= 4 is 11.9 Å². The van der Waals surface area contributed by atoms with E-state index in [1.165, 1.54) is 26.0 Å². The Hall–Kier alpha value is -2.96. The molecular formula is C16H17N3O4. The summed E-state index contributed by atoms with van der Waals surface area (Å²) in [5.74, 6) is -1.82. The normalized spacial score (nSPS) is 11.0. The maximum atomic E-state index is 12.1. The summed E-state index contributed by atoms with van der Waals surface area (Å²) >= 11 is 0. The second kappa shape index (κ2) is 6.43. The van der Waals surface area contributed by atoms with E-state index in [9.17, 15) is 14.4 Å². The van der Waals surface area contributed by atoms with Crippen LogP contribution in [0, 0.1) is 0 Å². The molecule has 1 heterocycles. The van der Waals surface area contributed by atoms with Crippen LogP contribution < -0.4 is 10.9 Å². The summed E-state index contributed by atoms with van der Waals surface area (Å²) in [6, 6.07) is 11.7. The SMILES string of the molecule is CC(C)(NC(=O)c1ccc(=O)n(Cc2ccccc2)n1)C(=O)O. The third kappa shape index (κ3) is 4.03. The van der Waals surface area contributed by atoms with Crippen LogP contribution in [0.4, 0.5) is 0 Å². The number of carbonyl (C=O) groups excluding carboxylic acids is 1. The zero-order chi connectivity index (χ0) is 17.0. The Bertz CT molecular complexity index is 781. The molecule has 1 aromatic carbocycles. The molecule has 2 rings (SSSR count). The van der Waals surface area contributed by atoms with Crippen LogP contribution in [0.5, 0.6) is 0 Å². The molecule has 0 saturated heterocycles. The van der Waals surface area contributed by atoms with Crippen LogP contribution in [0.3, 0.4) is 0 Å². The van der Waals surface area contributed by atoms with E-state index in [0.29, 0.717) is 0 Å². The summed E-state index contributed by atoms with van der Waals surface area (Å²) in [5, 5.41) is 15.4. The van der Waals surface area contributed by atoms with Gasteiger partial charge in [0.15, 0.2) is 0 Å². The molecule has 1 amide bonds. The molecule has 0 bridgehead atoms. The maximum absolute atomic E-state index is 12.1. The van der Waals surface area contributed by atoms with Crippen molar-refractivity contribution in [3.8, 4) is 0 Å². The van der Waals surface area contributed by atoms with Crippen LogP contribution in [0.25, 0.3) is 0 Å². The molecule has 0 aliphatic heterocycles. The second-order valence-corrected chi connectivity index (χ2v) is 5.58. The van der Waals surface area contributed by atoms with Crippen molar-refractivity contribution in [2.75, 3.05) is 0 Å². The zero-order valence-corrected chi connectivity index (χ0v) is 12.8. The number of aliphatic carboxylic acids is 1. The molecule has 120 valence electrons. The highest BCUT2D eigenvalue weighted by molar-refractivity contribution is 5.95. The first kappa shape index (κ1) is 16.4. The molecule has 0 saturated carbocycles. The van der Waals surface area contributed by atoms with Gasteiger partial charge in [0.2, 0.25) is 0 Å². The smallest absolute Gasteiger partial charge is 0.328 e. The summed E-state index contributed by atoms with van der Waals surface area (Å²) in [7, 11) is 0. The molecule has 0 unspecified atom stereocenters. The fourth-order valence-electron chi connectivity index (χ4n) is 1.84. The van der Waals surface area contributed by atoms with Gasteiger partial charge in [-0.1, -0.05) is 30.3 Å². The minimum atomic E-state index is -1.43. The fraction of sp³-hybridized carbons (Fsp3) is 0.250. The Morgan fingerprint density at radius 3 is 2.43 bits per heavy atom. The van der Waals surface area contributed by atoms with Gasteiger partial charge in [-0.2, -0.15) is 5.10 Å². The summed E-state index contributed by atoms with van der Waals surface area (Å²) in [5.41, 5.74) is -0.928. The molecule has 0 spiro atoms. The average Bonchev–Trinajstić information content (AvgIpc) is 2.50. The molecular weight excluding hydrogens is 298 g/mol. The molecule has 0 aliphatic carbocycles. The first-order chi connectivity index (χ1) is 10.8. The van der Waals surface area contributed by atoms with Gasteiger partial charge in [-0.05, 0) is 25.5 Å². The number of rotatable bonds is 5. The van der Waals surface area contributed by atoms with Crippen LogP contribution in [0.15, 0.2) is 47.3 Å². The molecule has 0 fully saturated rings. The summed E-state index contributed by atoms with van der Waals surface area (Å²) < 4.78 is 1.16. The van der Waals surface area contributed by atoms with Gasteiger partial charge >= 0.3 is 5.97 Å². The molecule has 0 aliphatic rings. The summed E-state index contributed by atoms with van der Waals surface area (Å²) in [6.45, 7) is 2.96. The lowest BCUT2D eigenvalue weighted by Gasteiger charge is -2.20. The predicted octanol–water partition coefficient (Wildman–Crippen LogP) is 0.885. The predicted molar refractivity (Wildman–Crippen MR) is 83.2 cm³/mol. The lowest BCUT2D eigenvalue weighted by Crippen LogP contribution is -2.50. The zero-order valence-electron chi connectivity index (χ0n) is 12.8. The number of nitrogens with one attached hydrogen (secondary N) is 1. The number of benzene rings is 1. The lowest BCUT2D eigenvalue weighted by molar-refractivity contribution is -0.143. The summed E-state index contributed by atoms with van der Waals surface area (Å²) in [4.78, 5) is 35.1. The molecule has 2 N–H and O–H groups in total. The van der Waals surface area contributed by atoms with Crippen molar-refractivity contribution in [3.05, 3.63) is 64.1 Å². The minimum absolute atomic E-state index is 0.0187. The quantitative estimate of drug-likeness (QED) is 0.853. The average molecular weight is 315 g/mol. The number of aromatic nitrogens is 2. The Kier molecular flexibility index (Phi) is 4.59. The van der Waals surface area contributed by atoms with Gasteiger partial charge < -0.3 is 10.4 Å². The van der Waals surface area contributed by atoms with Crippen molar-refractivity contribution in [1.82, 2.24) is 15.1 Å². The largest absolute Gasteiger partial charge is 0.480 e. The van der Waals surface area contributed by atoms with Crippen molar-refractivity contribution in [2.24, 2.45) is 0 Å². The highest BCUT2D eigenvalue weighted by atomic mass is 16.4. The standard InChI is InChI=1S/C16H17N3O4/c1-16(2,15(22)23)17-14(21)12-8-9-13(20)19(18-12)10-11-6-4-3-5-7-11/h3-9H,10H2,1-2H3,(H,17,21)(H,22,23). The number of carboxylic acids is 1. The Labute approximate surface area is 132 Å². The Morgan fingerprint density at radius 2 is 1.83 bits per heavy atom. The van der Waals surface area contributed by atoms with Crippen LogP contribution in [0.2, 0.25) is 0 Å². The van der Waals surface area contributed by atoms with Crippen molar-refractivity contribution in [3.63, 3.8) is 0 Å². The van der Waals surface area contributed by atoms with Crippen LogP contribution >= 0.6 is 0 Å². The van der Waals surface area contributed by atoms with Crippen LogP contribution in [0.1, 0.15) is 29.9 Å². The van der Waals surface area contributed by atoms with E-state index in [4.69, 9.17) is 5.11 Å². The number of nitrogens with zero attached hydrogens (tertiary/aromatic N) is 2. The first-order valence-electron chi connectivity index (χ1n) is 6.97.